The first kappa shape index (κ1) is 13.3. The maximum Gasteiger partial charge on any atom is 0.179 e. The van der Waals surface area contributed by atoms with Crippen LogP contribution in [0.15, 0.2) is 35.7 Å². The molecule has 0 radical (unpaired) electrons. The Kier molecular flexibility index (Phi) is 3.15. The van der Waals surface area contributed by atoms with E-state index in [0.717, 1.165) is 44.2 Å². The van der Waals surface area contributed by atoms with Crippen LogP contribution in [0.25, 0.3) is 0 Å². The smallest absolute Gasteiger partial charge is 0.179 e. The van der Waals surface area contributed by atoms with Crippen molar-refractivity contribution in [3.8, 4) is 0 Å². The molecular formula is C17H21NO2. The predicted octanol–water partition coefficient (Wildman–Crippen LogP) is 3.04. The number of hydrogen-bond donors (Lipinski definition) is 1. The summed E-state index contributed by atoms with van der Waals surface area (Å²) in [4.78, 5) is 23.6. The Morgan fingerprint density at radius 1 is 1.35 bits per heavy atom. The maximum atomic E-state index is 12.1. The van der Waals surface area contributed by atoms with Gasteiger partial charge in [-0.1, -0.05) is 13.5 Å². The molecule has 1 heterocycles. The first-order chi connectivity index (χ1) is 9.54. The minimum absolute atomic E-state index is 0.0479. The van der Waals surface area contributed by atoms with Gasteiger partial charge in [-0.05, 0) is 49.7 Å². The normalized spacial score (nSPS) is 34.5. The second-order valence-electron chi connectivity index (χ2n) is 6.34. The van der Waals surface area contributed by atoms with E-state index in [1.165, 1.54) is 17.3 Å². The molecule has 0 unspecified atom stereocenters. The topological polar surface area (TPSA) is 46.2 Å². The summed E-state index contributed by atoms with van der Waals surface area (Å²) in [6.07, 6.45) is 8.41. The molecule has 0 aromatic carbocycles. The Hall–Kier alpha value is -1.64. The van der Waals surface area contributed by atoms with E-state index in [1.54, 1.807) is 6.08 Å². The Balaban J connectivity index is 1.87. The first-order valence-corrected chi connectivity index (χ1v) is 7.44. The molecule has 1 N–H and O–H groups in total. The molecule has 0 aromatic rings. The fourth-order valence-corrected chi connectivity index (χ4v) is 4.03. The van der Waals surface area contributed by atoms with Crippen LogP contribution < -0.4 is 5.32 Å². The van der Waals surface area contributed by atoms with Crippen molar-refractivity contribution in [1.29, 1.82) is 0 Å². The third-order valence-corrected chi connectivity index (χ3v) is 5.26. The molecule has 0 saturated heterocycles. The van der Waals surface area contributed by atoms with Crippen molar-refractivity contribution in [1.82, 2.24) is 5.32 Å². The highest BCUT2D eigenvalue weighted by Gasteiger charge is 2.50. The lowest BCUT2D eigenvalue weighted by Crippen LogP contribution is -2.38. The minimum Gasteiger partial charge on any atom is -0.362 e. The Morgan fingerprint density at radius 3 is 2.90 bits per heavy atom. The third-order valence-electron chi connectivity index (χ3n) is 5.26. The Morgan fingerprint density at radius 2 is 2.15 bits per heavy atom. The summed E-state index contributed by atoms with van der Waals surface area (Å²) in [6.45, 7) is 5.64. The zero-order valence-corrected chi connectivity index (χ0v) is 12.0. The molecule has 1 fully saturated rings. The SMILES string of the molecule is C=CC(=O)/C=C1/CCC2=C(CC[C@]3(C)C(=O)CC[C@@H]23)N1. The van der Waals surface area contributed by atoms with Gasteiger partial charge in [0.2, 0.25) is 0 Å². The Labute approximate surface area is 119 Å². The van der Waals surface area contributed by atoms with E-state index in [1.807, 2.05) is 0 Å². The van der Waals surface area contributed by atoms with E-state index in [-0.39, 0.29) is 11.2 Å². The van der Waals surface area contributed by atoms with Crippen LogP contribution in [-0.4, -0.2) is 11.6 Å². The van der Waals surface area contributed by atoms with Gasteiger partial charge in [-0.25, -0.2) is 0 Å². The highest BCUT2D eigenvalue weighted by Crippen LogP contribution is 2.53. The highest BCUT2D eigenvalue weighted by atomic mass is 16.1. The van der Waals surface area contributed by atoms with Crippen molar-refractivity contribution in [2.75, 3.05) is 0 Å². The summed E-state index contributed by atoms with van der Waals surface area (Å²) >= 11 is 0. The van der Waals surface area contributed by atoms with Crippen LogP contribution >= 0.6 is 0 Å². The molecule has 3 rings (SSSR count). The van der Waals surface area contributed by atoms with Crippen LogP contribution in [0.2, 0.25) is 0 Å². The van der Waals surface area contributed by atoms with Crippen LogP contribution in [0.5, 0.6) is 0 Å². The zero-order chi connectivity index (χ0) is 14.3. The van der Waals surface area contributed by atoms with Gasteiger partial charge in [-0.15, -0.1) is 0 Å². The van der Waals surface area contributed by atoms with Crippen LogP contribution in [0.4, 0.5) is 0 Å². The van der Waals surface area contributed by atoms with Crippen LogP contribution in [-0.2, 0) is 9.59 Å². The lowest BCUT2D eigenvalue weighted by atomic mass is 9.66. The lowest BCUT2D eigenvalue weighted by molar-refractivity contribution is -0.126. The monoisotopic (exact) mass is 271 g/mol. The standard InChI is InChI=1S/C17H21NO2/c1-3-12(19)10-11-4-5-13-14-6-7-16(20)17(14,2)9-8-15(13)18-11/h3,10,14,18H,1,4-9H2,2H3/b11-10-/t14-,17-/m0/s1. The molecule has 0 bridgehead atoms. The molecule has 20 heavy (non-hydrogen) atoms. The number of carbonyl (C=O) groups is 2. The zero-order valence-electron chi connectivity index (χ0n) is 12.0. The first-order valence-electron chi connectivity index (χ1n) is 7.44. The average Bonchev–Trinajstić information content (AvgIpc) is 2.75. The maximum absolute atomic E-state index is 12.1. The van der Waals surface area contributed by atoms with Crippen LogP contribution in [0, 0.1) is 11.3 Å². The largest absolute Gasteiger partial charge is 0.362 e. The molecule has 3 aliphatic rings. The van der Waals surface area contributed by atoms with Crippen molar-refractivity contribution in [3.63, 3.8) is 0 Å². The van der Waals surface area contributed by atoms with E-state index >= 15 is 0 Å². The molecule has 0 aromatic heterocycles. The number of Topliss-reactive ketones (excluding diaryl/α,β-unsaturated/α-hetero) is 1. The predicted molar refractivity (Wildman–Crippen MR) is 77.8 cm³/mol. The molecule has 3 heteroatoms. The second-order valence-corrected chi connectivity index (χ2v) is 6.34. The fraction of sp³-hybridized carbons (Fsp3) is 0.529. The molecular weight excluding hydrogens is 250 g/mol. The van der Waals surface area contributed by atoms with Crippen molar-refractivity contribution in [3.05, 3.63) is 35.7 Å². The van der Waals surface area contributed by atoms with E-state index in [9.17, 15) is 9.59 Å². The fourth-order valence-electron chi connectivity index (χ4n) is 4.03. The van der Waals surface area contributed by atoms with Crippen LogP contribution in [0.1, 0.15) is 45.4 Å². The van der Waals surface area contributed by atoms with Crippen molar-refractivity contribution in [2.45, 2.75) is 45.4 Å². The van der Waals surface area contributed by atoms with Crippen LogP contribution in [0.3, 0.4) is 0 Å². The quantitative estimate of drug-likeness (QED) is 0.785. The van der Waals surface area contributed by atoms with Gasteiger partial charge in [0.1, 0.15) is 5.78 Å². The van der Waals surface area contributed by atoms with Crippen molar-refractivity contribution in [2.24, 2.45) is 11.3 Å². The van der Waals surface area contributed by atoms with Gasteiger partial charge in [0.05, 0.1) is 0 Å². The Bertz CT molecular complexity index is 555. The number of ketones is 2. The molecule has 106 valence electrons. The van der Waals surface area contributed by atoms with E-state index in [2.05, 4.69) is 18.8 Å². The van der Waals surface area contributed by atoms with Gasteiger partial charge in [-0.3, -0.25) is 9.59 Å². The second kappa shape index (κ2) is 4.72. The molecule has 1 aliphatic heterocycles. The van der Waals surface area contributed by atoms with E-state index in [0.29, 0.717) is 11.7 Å². The number of rotatable bonds is 2. The highest BCUT2D eigenvalue weighted by molar-refractivity contribution is 5.99. The van der Waals surface area contributed by atoms with Gasteiger partial charge in [-0.2, -0.15) is 0 Å². The minimum atomic E-state index is -0.126. The molecule has 3 nitrogen and oxygen atoms in total. The van der Waals surface area contributed by atoms with Crippen molar-refractivity contribution >= 4 is 11.6 Å². The molecule has 0 amide bonds. The summed E-state index contributed by atoms with van der Waals surface area (Å²) in [7, 11) is 0. The number of fused-ring (bicyclic) bond motifs is 2. The van der Waals surface area contributed by atoms with E-state index < -0.39 is 0 Å². The number of hydrogen-bond acceptors (Lipinski definition) is 3. The van der Waals surface area contributed by atoms with Gasteiger partial charge in [0, 0.05) is 29.3 Å². The summed E-state index contributed by atoms with van der Waals surface area (Å²) in [5.41, 5.74) is 3.56. The van der Waals surface area contributed by atoms with Gasteiger partial charge in [0.15, 0.2) is 5.78 Å². The van der Waals surface area contributed by atoms with Gasteiger partial charge < -0.3 is 5.32 Å². The number of allylic oxidation sites excluding steroid dienone is 5. The van der Waals surface area contributed by atoms with E-state index in [4.69, 9.17) is 0 Å². The molecule has 0 spiro atoms. The lowest BCUT2D eigenvalue weighted by Gasteiger charge is -2.41. The number of nitrogens with one attached hydrogen (secondary N) is 1. The molecule has 2 atom stereocenters. The summed E-state index contributed by atoms with van der Waals surface area (Å²) in [5, 5.41) is 3.43. The van der Waals surface area contributed by atoms with Crippen molar-refractivity contribution < 1.29 is 9.59 Å². The molecule has 1 saturated carbocycles. The molecule has 2 aliphatic carbocycles. The van der Waals surface area contributed by atoms with Gasteiger partial charge in [0.25, 0.3) is 0 Å². The average molecular weight is 271 g/mol. The third kappa shape index (κ3) is 1.96. The number of carbonyl (C=O) groups excluding carboxylic acids is 2. The summed E-state index contributed by atoms with van der Waals surface area (Å²) in [5.74, 6) is 0.813. The summed E-state index contributed by atoms with van der Waals surface area (Å²) < 4.78 is 0. The summed E-state index contributed by atoms with van der Waals surface area (Å²) in [6, 6.07) is 0. The van der Waals surface area contributed by atoms with Gasteiger partial charge >= 0.3 is 0 Å².